The highest BCUT2D eigenvalue weighted by Crippen LogP contribution is 2.33. The van der Waals surface area contributed by atoms with Crippen LogP contribution in [0.1, 0.15) is 5.56 Å². The third-order valence-corrected chi connectivity index (χ3v) is 4.71. The first-order valence-corrected chi connectivity index (χ1v) is 8.76. The molecule has 11 heteroatoms. The molecular formula is C14H15ClF3N3O3S. The van der Waals surface area contributed by atoms with Crippen LogP contribution in [0.4, 0.5) is 19.0 Å². The van der Waals surface area contributed by atoms with Gasteiger partial charge in [0.05, 0.1) is 22.1 Å². The maximum Gasteiger partial charge on any atom is 0.417 e. The summed E-state index contributed by atoms with van der Waals surface area (Å²) in [5, 5.41) is 8.46. The van der Waals surface area contributed by atoms with E-state index in [2.05, 4.69) is 4.98 Å². The lowest BCUT2D eigenvalue weighted by molar-refractivity contribution is -0.138. The first-order valence-electron chi connectivity index (χ1n) is 7.23. The highest BCUT2D eigenvalue weighted by molar-refractivity contribution is 8.00. The number of amides is 1. The molecule has 138 valence electrons. The number of carboxylic acids is 1. The highest BCUT2D eigenvalue weighted by atomic mass is 35.5. The van der Waals surface area contributed by atoms with Crippen molar-refractivity contribution >= 4 is 41.1 Å². The van der Waals surface area contributed by atoms with Crippen molar-refractivity contribution in [2.45, 2.75) is 6.18 Å². The summed E-state index contributed by atoms with van der Waals surface area (Å²) in [6.07, 6.45) is -3.77. The number of halogens is 4. The van der Waals surface area contributed by atoms with Crippen molar-refractivity contribution in [3.63, 3.8) is 0 Å². The van der Waals surface area contributed by atoms with E-state index in [1.807, 2.05) is 0 Å². The number of nitrogens with zero attached hydrogens (tertiary/aromatic N) is 3. The van der Waals surface area contributed by atoms with Gasteiger partial charge in [0.1, 0.15) is 5.82 Å². The Bertz CT molecular complexity index is 652. The number of carboxylic acid groups (broad SMARTS) is 1. The molecule has 1 aromatic heterocycles. The molecule has 1 aliphatic rings. The molecule has 1 fully saturated rings. The SMILES string of the molecule is O=C(O)CSCC(=O)N1CCN(c2ncc(C(F)(F)F)cc2Cl)CC1. The van der Waals surface area contributed by atoms with E-state index in [4.69, 9.17) is 16.7 Å². The first-order chi connectivity index (χ1) is 11.7. The molecule has 1 amide bonds. The summed E-state index contributed by atoms with van der Waals surface area (Å²) in [4.78, 5) is 29.5. The van der Waals surface area contributed by atoms with Crippen LogP contribution >= 0.6 is 23.4 Å². The molecule has 0 aromatic carbocycles. The van der Waals surface area contributed by atoms with Crippen molar-refractivity contribution in [1.82, 2.24) is 9.88 Å². The van der Waals surface area contributed by atoms with Crippen molar-refractivity contribution in [3.05, 3.63) is 22.8 Å². The zero-order valence-corrected chi connectivity index (χ0v) is 14.5. The zero-order chi connectivity index (χ0) is 18.6. The van der Waals surface area contributed by atoms with Crippen LogP contribution < -0.4 is 4.90 Å². The van der Waals surface area contributed by atoms with Gasteiger partial charge < -0.3 is 14.9 Å². The molecule has 1 N–H and O–H groups in total. The van der Waals surface area contributed by atoms with E-state index in [-0.39, 0.29) is 28.3 Å². The van der Waals surface area contributed by atoms with E-state index in [1.165, 1.54) is 0 Å². The minimum absolute atomic E-state index is 0.0750. The Hall–Kier alpha value is -1.68. The van der Waals surface area contributed by atoms with E-state index in [9.17, 15) is 22.8 Å². The second-order valence-corrected chi connectivity index (χ2v) is 6.67. The number of hydrogen-bond acceptors (Lipinski definition) is 5. The smallest absolute Gasteiger partial charge is 0.417 e. The normalized spacial score (nSPS) is 15.4. The van der Waals surface area contributed by atoms with E-state index < -0.39 is 17.7 Å². The fraction of sp³-hybridized carbons (Fsp3) is 0.500. The van der Waals surface area contributed by atoms with Crippen LogP contribution in [0.25, 0.3) is 0 Å². The molecule has 1 saturated heterocycles. The van der Waals surface area contributed by atoms with Crippen LogP contribution in [-0.2, 0) is 15.8 Å². The quantitative estimate of drug-likeness (QED) is 0.821. The summed E-state index contributed by atoms with van der Waals surface area (Å²) >= 11 is 6.94. The van der Waals surface area contributed by atoms with Gasteiger partial charge in [-0.1, -0.05) is 11.6 Å². The summed E-state index contributed by atoms with van der Waals surface area (Å²) < 4.78 is 37.9. The summed E-state index contributed by atoms with van der Waals surface area (Å²) in [7, 11) is 0. The molecule has 1 aromatic rings. The second-order valence-electron chi connectivity index (χ2n) is 5.28. The third-order valence-electron chi connectivity index (χ3n) is 3.53. The monoisotopic (exact) mass is 397 g/mol. The minimum atomic E-state index is -4.51. The Balaban J connectivity index is 1.92. The molecule has 1 aliphatic heterocycles. The van der Waals surface area contributed by atoms with Crippen molar-refractivity contribution in [1.29, 1.82) is 0 Å². The standard InChI is InChI=1S/C14H15ClF3N3O3S/c15-10-5-9(14(16,17)18)6-19-13(10)21-3-1-20(2-4-21)11(22)7-25-8-12(23)24/h5-6H,1-4,7-8H2,(H,23,24). The average Bonchev–Trinajstić information content (AvgIpc) is 2.53. The van der Waals surface area contributed by atoms with E-state index >= 15 is 0 Å². The zero-order valence-electron chi connectivity index (χ0n) is 12.9. The number of carbonyl (C=O) groups is 2. The summed E-state index contributed by atoms with van der Waals surface area (Å²) in [6.45, 7) is 1.50. The average molecular weight is 398 g/mol. The fourth-order valence-electron chi connectivity index (χ4n) is 2.30. The van der Waals surface area contributed by atoms with Gasteiger partial charge in [-0.3, -0.25) is 9.59 Å². The lowest BCUT2D eigenvalue weighted by Gasteiger charge is -2.35. The molecular weight excluding hydrogens is 383 g/mol. The second kappa shape index (κ2) is 8.13. The molecule has 0 atom stereocenters. The van der Waals surface area contributed by atoms with Crippen molar-refractivity contribution in [2.24, 2.45) is 0 Å². The van der Waals surface area contributed by atoms with Gasteiger partial charge in [0.25, 0.3) is 0 Å². The lowest BCUT2D eigenvalue weighted by atomic mass is 10.2. The maximum absolute atomic E-state index is 12.6. The Labute approximate surface area is 150 Å². The first kappa shape index (κ1) is 19.6. The molecule has 6 nitrogen and oxygen atoms in total. The number of piperazine rings is 1. The molecule has 0 saturated carbocycles. The van der Waals surface area contributed by atoms with Gasteiger partial charge in [0.2, 0.25) is 5.91 Å². The van der Waals surface area contributed by atoms with Crippen LogP contribution in [-0.4, -0.2) is 64.6 Å². The van der Waals surface area contributed by atoms with Gasteiger partial charge in [-0.25, -0.2) is 4.98 Å². The van der Waals surface area contributed by atoms with E-state index in [0.29, 0.717) is 26.2 Å². The molecule has 2 rings (SSSR count). The number of hydrogen-bond donors (Lipinski definition) is 1. The molecule has 0 bridgehead atoms. The van der Waals surface area contributed by atoms with E-state index in [1.54, 1.807) is 9.80 Å². The predicted molar refractivity (Wildman–Crippen MR) is 88.0 cm³/mol. The topological polar surface area (TPSA) is 73.7 Å². The number of aliphatic carboxylic acids is 1. The van der Waals surface area contributed by atoms with Gasteiger partial charge >= 0.3 is 12.1 Å². The van der Waals surface area contributed by atoms with Gasteiger partial charge in [0, 0.05) is 32.4 Å². The predicted octanol–water partition coefficient (Wildman–Crippen LogP) is 2.22. The van der Waals surface area contributed by atoms with Crippen molar-refractivity contribution < 1.29 is 27.9 Å². The fourth-order valence-corrected chi connectivity index (χ4v) is 3.22. The Kier molecular flexibility index (Phi) is 6.39. The Morgan fingerprint density at radius 2 is 1.88 bits per heavy atom. The summed E-state index contributed by atoms with van der Waals surface area (Å²) in [5.74, 6) is -0.965. The van der Waals surface area contributed by atoms with Gasteiger partial charge in [-0.15, -0.1) is 11.8 Å². The number of pyridine rings is 1. The summed E-state index contributed by atoms with van der Waals surface area (Å²) in [5.41, 5.74) is -0.912. The number of anilines is 1. The molecule has 0 aliphatic carbocycles. The van der Waals surface area contributed by atoms with Crippen LogP contribution in [0.5, 0.6) is 0 Å². The summed E-state index contributed by atoms with van der Waals surface area (Å²) in [6, 6.07) is 0.837. The van der Waals surface area contributed by atoms with Gasteiger partial charge in [-0.05, 0) is 6.07 Å². The van der Waals surface area contributed by atoms with Crippen molar-refractivity contribution in [3.8, 4) is 0 Å². The van der Waals surface area contributed by atoms with Crippen molar-refractivity contribution in [2.75, 3.05) is 42.6 Å². The van der Waals surface area contributed by atoms with Gasteiger partial charge in [-0.2, -0.15) is 13.2 Å². The largest absolute Gasteiger partial charge is 0.481 e. The number of rotatable bonds is 5. The lowest BCUT2D eigenvalue weighted by Crippen LogP contribution is -2.49. The number of carbonyl (C=O) groups excluding carboxylic acids is 1. The third kappa shape index (κ3) is 5.40. The minimum Gasteiger partial charge on any atom is -0.481 e. The Morgan fingerprint density at radius 3 is 2.40 bits per heavy atom. The molecule has 2 heterocycles. The van der Waals surface area contributed by atoms with Crippen LogP contribution in [0, 0.1) is 0 Å². The molecule has 0 unspecified atom stereocenters. The molecule has 0 radical (unpaired) electrons. The number of alkyl halides is 3. The van der Waals surface area contributed by atoms with Crippen LogP contribution in [0.2, 0.25) is 5.02 Å². The number of aromatic nitrogens is 1. The Morgan fingerprint density at radius 1 is 1.24 bits per heavy atom. The molecule has 0 spiro atoms. The maximum atomic E-state index is 12.6. The highest BCUT2D eigenvalue weighted by Gasteiger charge is 2.32. The van der Waals surface area contributed by atoms with E-state index in [0.717, 1.165) is 24.0 Å². The molecule has 25 heavy (non-hydrogen) atoms. The van der Waals surface area contributed by atoms with Gasteiger partial charge in [0.15, 0.2) is 0 Å². The van der Waals surface area contributed by atoms with Crippen LogP contribution in [0.15, 0.2) is 12.3 Å². The van der Waals surface area contributed by atoms with Crippen LogP contribution in [0.3, 0.4) is 0 Å². The number of thioether (sulfide) groups is 1.